The topological polar surface area (TPSA) is 77.5 Å². The number of anilines is 1. The maximum Gasteiger partial charge on any atom is 0.350 e. The van der Waals surface area contributed by atoms with Crippen molar-refractivity contribution in [2.24, 2.45) is 0 Å². The summed E-state index contributed by atoms with van der Waals surface area (Å²) in [5.41, 5.74) is 0.530. The molecule has 0 saturated heterocycles. The highest BCUT2D eigenvalue weighted by Gasteiger charge is 2.17. The summed E-state index contributed by atoms with van der Waals surface area (Å²) in [4.78, 5) is 28.1. The number of esters is 1. The van der Waals surface area contributed by atoms with Crippen LogP contribution in [0.15, 0.2) is 24.3 Å². The van der Waals surface area contributed by atoms with Crippen molar-refractivity contribution in [1.29, 1.82) is 0 Å². The molecule has 23 heavy (non-hydrogen) atoms. The number of rotatable bonds is 6. The summed E-state index contributed by atoms with van der Waals surface area (Å²) in [5, 5.41) is 2.96. The number of ether oxygens (including phenoxy) is 2. The van der Waals surface area contributed by atoms with E-state index in [0.29, 0.717) is 28.1 Å². The van der Waals surface area contributed by atoms with E-state index in [4.69, 9.17) is 9.47 Å². The molecule has 122 valence electrons. The van der Waals surface area contributed by atoms with E-state index >= 15 is 0 Å². The van der Waals surface area contributed by atoms with Gasteiger partial charge in [0.1, 0.15) is 10.6 Å². The fourth-order valence-corrected chi connectivity index (χ4v) is 2.91. The average molecular weight is 446 g/mol. The van der Waals surface area contributed by atoms with Gasteiger partial charge in [-0.05, 0) is 60.7 Å². The molecule has 1 aromatic heterocycles. The van der Waals surface area contributed by atoms with Gasteiger partial charge in [-0.15, -0.1) is 0 Å². The number of nitrogens with zero attached hydrogens (tertiary/aromatic N) is 1. The first-order valence-corrected chi connectivity index (χ1v) is 8.72. The lowest BCUT2D eigenvalue weighted by atomic mass is 10.3. The van der Waals surface area contributed by atoms with Gasteiger partial charge in [0, 0.05) is 3.57 Å². The molecular formula is C15H15IN2O4S. The van der Waals surface area contributed by atoms with Crippen molar-refractivity contribution in [2.45, 2.75) is 13.8 Å². The number of carbonyl (C=O) groups excluding carboxylic acids is 2. The van der Waals surface area contributed by atoms with Crippen LogP contribution in [0.25, 0.3) is 0 Å². The molecule has 8 heteroatoms. The van der Waals surface area contributed by atoms with E-state index in [1.165, 1.54) is 0 Å². The predicted molar refractivity (Wildman–Crippen MR) is 96.1 cm³/mol. The number of carbonyl (C=O) groups is 2. The molecule has 0 saturated carbocycles. The van der Waals surface area contributed by atoms with Crippen LogP contribution in [0.4, 0.5) is 5.13 Å². The van der Waals surface area contributed by atoms with Gasteiger partial charge in [0.2, 0.25) is 0 Å². The Morgan fingerprint density at radius 3 is 2.65 bits per heavy atom. The molecule has 0 unspecified atom stereocenters. The quantitative estimate of drug-likeness (QED) is 0.545. The Morgan fingerprint density at radius 2 is 2.00 bits per heavy atom. The first-order valence-electron chi connectivity index (χ1n) is 6.82. The van der Waals surface area contributed by atoms with Crippen LogP contribution >= 0.6 is 33.9 Å². The second-order valence-corrected chi connectivity index (χ2v) is 6.69. The number of hydrogen-bond acceptors (Lipinski definition) is 6. The lowest BCUT2D eigenvalue weighted by Crippen LogP contribution is -2.20. The molecule has 1 aromatic carbocycles. The monoisotopic (exact) mass is 446 g/mol. The highest BCUT2D eigenvalue weighted by Crippen LogP contribution is 2.23. The first kappa shape index (κ1) is 17.7. The molecule has 0 atom stereocenters. The van der Waals surface area contributed by atoms with Crippen LogP contribution in [0.2, 0.25) is 0 Å². The van der Waals surface area contributed by atoms with Crippen molar-refractivity contribution in [2.75, 3.05) is 18.5 Å². The maximum absolute atomic E-state index is 11.9. The van der Waals surface area contributed by atoms with Crippen LogP contribution < -0.4 is 10.1 Å². The van der Waals surface area contributed by atoms with Crippen LogP contribution in [-0.2, 0) is 9.53 Å². The van der Waals surface area contributed by atoms with E-state index in [0.717, 1.165) is 14.9 Å². The van der Waals surface area contributed by atoms with E-state index in [9.17, 15) is 9.59 Å². The Labute approximate surface area is 151 Å². The summed E-state index contributed by atoms with van der Waals surface area (Å²) in [6, 6.07) is 7.37. The third-order valence-electron chi connectivity index (χ3n) is 2.69. The lowest BCUT2D eigenvalue weighted by Gasteiger charge is -2.05. The maximum atomic E-state index is 11.9. The summed E-state index contributed by atoms with van der Waals surface area (Å²) < 4.78 is 11.4. The van der Waals surface area contributed by atoms with Gasteiger partial charge < -0.3 is 9.47 Å². The minimum Gasteiger partial charge on any atom is -0.484 e. The van der Waals surface area contributed by atoms with Crippen molar-refractivity contribution in [1.82, 2.24) is 4.98 Å². The van der Waals surface area contributed by atoms with E-state index in [1.807, 2.05) is 12.1 Å². The van der Waals surface area contributed by atoms with Gasteiger partial charge in [0.15, 0.2) is 11.7 Å². The lowest BCUT2D eigenvalue weighted by molar-refractivity contribution is -0.118. The van der Waals surface area contributed by atoms with E-state index in [-0.39, 0.29) is 12.5 Å². The molecular weight excluding hydrogens is 431 g/mol. The summed E-state index contributed by atoms with van der Waals surface area (Å²) in [6.45, 7) is 3.59. The zero-order valence-corrected chi connectivity index (χ0v) is 15.6. The molecule has 0 aliphatic heterocycles. The largest absolute Gasteiger partial charge is 0.484 e. The van der Waals surface area contributed by atoms with Crippen molar-refractivity contribution < 1.29 is 19.1 Å². The minimum absolute atomic E-state index is 0.131. The van der Waals surface area contributed by atoms with Crippen molar-refractivity contribution in [3.63, 3.8) is 0 Å². The second-order valence-electron chi connectivity index (χ2n) is 4.44. The van der Waals surface area contributed by atoms with Crippen LogP contribution in [0.3, 0.4) is 0 Å². The van der Waals surface area contributed by atoms with E-state index in [2.05, 4.69) is 32.9 Å². The molecule has 1 N–H and O–H groups in total. The Hall–Kier alpha value is -1.68. The molecule has 0 aliphatic carbocycles. The second kappa shape index (κ2) is 8.25. The predicted octanol–water partition coefficient (Wildman–Crippen LogP) is 3.25. The third kappa shape index (κ3) is 5.17. The Morgan fingerprint density at radius 1 is 1.30 bits per heavy atom. The number of halogens is 1. The molecule has 1 amide bonds. The summed E-state index contributed by atoms with van der Waals surface area (Å²) in [7, 11) is 0. The normalized spacial score (nSPS) is 10.2. The number of amides is 1. The van der Waals surface area contributed by atoms with Gasteiger partial charge in [-0.2, -0.15) is 0 Å². The van der Waals surface area contributed by atoms with Crippen LogP contribution in [0.1, 0.15) is 22.3 Å². The first-order chi connectivity index (χ1) is 11.0. The number of aromatic nitrogens is 1. The zero-order valence-electron chi connectivity index (χ0n) is 12.6. The number of hydrogen-bond donors (Lipinski definition) is 1. The molecule has 0 fully saturated rings. The molecule has 1 heterocycles. The number of nitrogens with one attached hydrogen (secondary N) is 1. The highest BCUT2D eigenvalue weighted by atomic mass is 127. The fraction of sp³-hybridized carbons (Fsp3) is 0.267. The Kier molecular flexibility index (Phi) is 6.34. The van der Waals surface area contributed by atoms with Gasteiger partial charge >= 0.3 is 5.97 Å². The Bertz CT molecular complexity index is 700. The average Bonchev–Trinajstić information content (AvgIpc) is 2.87. The summed E-state index contributed by atoms with van der Waals surface area (Å²) >= 11 is 3.28. The SMILES string of the molecule is CCOC(=O)c1sc(NC(=O)COc2ccc(I)cc2)nc1C. The Balaban J connectivity index is 1.91. The van der Waals surface area contributed by atoms with Gasteiger partial charge in [0.25, 0.3) is 5.91 Å². The van der Waals surface area contributed by atoms with Gasteiger partial charge in [-0.25, -0.2) is 9.78 Å². The summed E-state index contributed by atoms with van der Waals surface area (Å²) in [6.07, 6.45) is 0. The number of thiazole rings is 1. The van der Waals surface area contributed by atoms with Gasteiger partial charge in [0.05, 0.1) is 12.3 Å². The standard InChI is InChI=1S/C15H15IN2O4S/c1-3-21-14(20)13-9(2)17-15(23-13)18-12(19)8-22-11-6-4-10(16)5-7-11/h4-7H,3,8H2,1-2H3,(H,17,18,19). The molecule has 2 aromatic rings. The van der Waals surface area contributed by atoms with Crippen molar-refractivity contribution >= 4 is 50.9 Å². The number of benzene rings is 1. The summed E-state index contributed by atoms with van der Waals surface area (Å²) in [5.74, 6) is -0.158. The molecule has 0 radical (unpaired) electrons. The van der Waals surface area contributed by atoms with E-state index in [1.54, 1.807) is 26.0 Å². The van der Waals surface area contributed by atoms with Crippen LogP contribution in [0, 0.1) is 10.5 Å². The minimum atomic E-state index is -0.432. The molecule has 0 bridgehead atoms. The molecule has 6 nitrogen and oxygen atoms in total. The highest BCUT2D eigenvalue weighted by molar-refractivity contribution is 14.1. The molecule has 2 rings (SSSR count). The van der Waals surface area contributed by atoms with Crippen molar-refractivity contribution in [3.8, 4) is 5.75 Å². The fourth-order valence-electron chi connectivity index (χ4n) is 1.67. The van der Waals surface area contributed by atoms with Gasteiger partial charge in [-0.3, -0.25) is 10.1 Å². The van der Waals surface area contributed by atoms with E-state index < -0.39 is 5.97 Å². The van der Waals surface area contributed by atoms with Crippen LogP contribution in [0.5, 0.6) is 5.75 Å². The molecule has 0 spiro atoms. The molecule has 0 aliphatic rings. The van der Waals surface area contributed by atoms with Crippen molar-refractivity contribution in [3.05, 3.63) is 38.4 Å². The van der Waals surface area contributed by atoms with Crippen LogP contribution in [-0.4, -0.2) is 30.1 Å². The smallest absolute Gasteiger partial charge is 0.350 e. The zero-order chi connectivity index (χ0) is 16.8. The number of aryl methyl sites for hydroxylation is 1. The third-order valence-corrected chi connectivity index (χ3v) is 4.46. The van der Waals surface area contributed by atoms with Gasteiger partial charge in [-0.1, -0.05) is 11.3 Å².